The predicted octanol–water partition coefficient (Wildman–Crippen LogP) is 5.01. The summed E-state index contributed by atoms with van der Waals surface area (Å²) in [7, 11) is 0. The molecule has 12 heteroatoms. The first-order chi connectivity index (χ1) is 16.1. The van der Waals surface area contributed by atoms with Gasteiger partial charge in [-0.1, -0.05) is 0 Å². The number of nitrogens with zero attached hydrogens (tertiary/aromatic N) is 4. The van der Waals surface area contributed by atoms with Crippen LogP contribution >= 0.6 is 0 Å². The number of halogens is 4. The van der Waals surface area contributed by atoms with Crippen molar-refractivity contribution in [1.82, 2.24) is 20.1 Å². The Bertz CT molecular complexity index is 1280. The van der Waals surface area contributed by atoms with Gasteiger partial charge in [-0.15, -0.1) is 0 Å². The number of ether oxygens (including phenoxy) is 1. The molecular weight excluding hydrogens is 454 g/mol. The van der Waals surface area contributed by atoms with Gasteiger partial charge in [0.2, 0.25) is 0 Å². The van der Waals surface area contributed by atoms with Crippen LogP contribution in [0.4, 0.5) is 23.4 Å². The van der Waals surface area contributed by atoms with E-state index < -0.39 is 23.8 Å². The highest BCUT2D eigenvalue weighted by Crippen LogP contribution is 2.36. The van der Waals surface area contributed by atoms with Gasteiger partial charge in [0.25, 0.3) is 0 Å². The first kappa shape index (κ1) is 23.2. The minimum absolute atomic E-state index is 0.0740. The van der Waals surface area contributed by atoms with Crippen molar-refractivity contribution >= 4 is 11.5 Å². The lowest BCUT2D eigenvalue weighted by atomic mass is 10.1. The summed E-state index contributed by atoms with van der Waals surface area (Å²) < 4.78 is 62.0. The van der Waals surface area contributed by atoms with Crippen LogP contribution in [0.1, 0.15) is 42.5 Å². The van der Waals surface area contributed by atoms with Gasteiger partial charge < -0.3 is 15.8 Å². The molecule has 4 rings (SSSR count). The van der Waals surface area contributed by atoms with Crippen molar-refractivity contribution in [2.45, 2.75) is 32.5 Å². The van der Waals surface area contributed by atoms with Crippen molar-refractivity contribution in [3.8, 4) is 11.4 Å². The van der Waals surface area contributed by atoms with Crippen molar-refractivity contribution in [3.05, 3.63) is 70.6 Å². The molecule has 178 valence electrons. The van der Waals surface area contributed by atoms with E-state index in [1.807, 2.05) is 6.92 Å². The molecule has 4 N–H and O–H groups in total. The van der Waals surface area contributed by atoms with Crippen molar-refractivity contribution in [1.29, 1.82) is 5.53 Å². The number of fused-ring (bicyclic) bond motifs is 5. The molecule has 1 aromatic carbocycles. The number of benzene rings is 1. The lowest BCUT2D eigenvalue weighted by molar-refractivity contribution is -0.141. The van der Waals surface area contributed by atoms with E-state index in [0.717, 1.165) is 16.8 Å². The van der Waals surface area contributed by atoms with E-state index in [-0.39, 0.29) is 40.6 Å². The van der Waals surface area contributed by atoms with Crippen molar-refractivity contribution in [2.24, 2.45) is 5.11 Å². The summed E-state index contributed by atoms with van der Waals surface area (Å²) in [6.45, 7) is 3.89. The number of alkyl halides is 3. The van der Waals surface area contributed by atoms with Gasteiger partial charge in [0.05, 0.1) is 22.8 Å². The second-order valence-corrected chi connectivity index (χ2v) is 7.64. The number of rotatable bonds is 3. The molecule has 0 aliphatic carbocycles. The maximum atomic E-state index is 14.2. The van der Waals surface area contributed by atoms with Crippen molar-refractivity contribution < 1.29 is 22.3 Å². The van der Waals surface area contributed by atoms with Crippen LogP contribution in [0, 0.1) is 11.3 Å². The number of nitrogen functional groups attached to an aromatic ring is 1. The van der Waals surface area contributed by atoms with Crippen molar-refractivity contribution in [2.75, 3.05) is 12.3 Å². The zero-order valence-corrected chi connectivity index (χ0v) is 18.2. The fourth-order valence-electron chi connectivity index (χ4n) is 3.78. The van der Waals surface area contributed by atoms with Gasteiger partial charge in [-0.3, -0.25) is 0 Å². The Morgan fingerprint density at radius 1 is 1.29 bits per heavy atom. The van der Waals surface area contributed by atoms with Crippen LogP contribution in [0.3, 0.4) is 0 Å². The molecule has 3 heterocycles. The highest BCUT2D eigenvalue weighted by atomic mass is 19.4. The van der Waals surface area contributed by atoms with E-state index in [2.05, 4.69) is 20.5 Å². The average molecular weight is 475 g/mol. The molecule has 34 heavy (non-hydrogen) atoms. The first-order valence-electron chi connectivity index (χ1n) is 10.3. The normalized spacial score (nSPS) is 18.1. The molecule has 1 unspecified atom stereocenters. The minimum atomic E-state index is -4.71. The highest BCUT2D eigenvalue weighted by molar-refractivity contribution is 5.69. The number of nitrogens with two attached hydrogens (primary N) is 1. The smallest absolute Gasteiger partial charge is 0.435 e. The van der Waals surface area contributed by atoms with E-state index in [0.29, 0.717) is 17.8 Å². The monoisotopic (exact) mass is 475 g/mol. The van der Waals surface area contributed by atoms with E-state index in [1.165, 1.54) is 18.3 Å². The van der Waals surface area contributed by atoms with E-state index >= 15 is 0 Å². The Morgan fingerprint density at radius 3 is 2.74 bits per heavy atom. The average Bonchev–Trinajstić information content (AvgIpc) is 3.21. The summed E-state index contributed by atoms with van der Waals surface area (Å²) in [4.78, 5) is 4.15. The van der Waals surface area contributed by atoms with Gasteiger partial charge in [-0.2, -0.15) is 23.4 Å². The second kappa shape index (κ2) is 8.76. The second-order valence-electron chi connectivity index (χ2n) is 7.64. The lowest BCUT2D eigenvalue weighted by Gasteiger charge is -2.22. The van der Waals surface area contributed by atoms with Crippen molar-refractivity contribution in [3.63, 3.8) is 0 Å². The number of hydrogen-bond acceptors (Lipinski definition) is 7. The fourth-order valence-corrected chi connectivity index (χ4v) is 3.78. The summed E-state index contributed by atoms with van der Waals surface area (Å²) in [5, 5.41) is 10.5. The fraction of sp³-hybridized carbons (Fsp3) is 0.273. The molecule has 8 nitrogen and oxygen atoms in total. The van der Waals surface area contributed by atoms with Crippen LogP contribution < -0.4 is 15.8 Å². The van der Waals surface area contributed by atoms with Gasteiger partial charge in [-0.05, 0) is 44.2 Å². The third-order valence-electron chi connectivity index (χ3n) is 5.33. The number of anilines is 1. The highest BCUT2D eigenvalue weighted by Gasteiger charge is 2.36. The zero-order chi connectivity index (χ0) is 24.6. The number of nitrogens with one attached hydrogen (secondary N) is 2. The molecule has 0 saturated heterocycles. The predicted molar refractivity (Wildman–Crippen MR) is 116 cm³/mol. The topological polar surface area (TPSA) is 114 Å². The van der Waals surface area contributed by atoms with Gasteiger partial charge in [-0.25, -0.2) is 19.6 Å². The largest absolute Gasteiger partial charge is 0.482 e. The van der Waals surface area contributed by atoms with Crippen LogP contribution in [0.25, 0.3) is 11.4 Å². The summed E-state index contributed by atoms with van der Waals surface area (Å²) in [5.74, 6) is -0.329. The third-order valence-corrected chi connectivity index (χ3v) is 5.33. The first-order valence-corrected chi connectivity index (χ1v) is 10.3. The summed E-state index contributed by atoms with van der Waals surface area (Å²) in [6.07, 6.45) is -4.25. The lowest BCUT2D eigenvalue weighted by Crippen LogP contribution is -2.17. The van der Waals surface area contributed by atoms with Gasteiger partial charge >= 0.3 is 6.18 Å². The van der Waals surface area contributed by atoms with Gasteiger partial charge in [0.15, 0.2) is 17.3 Å². The molecule has 0 spiro atoms. The Kier molecular flexibility index (Phi) is 5.98. The molecule has 3 aromatic rings. The Balaban J connectivity index is 2.05. The van der Waals surface area contributed by atoms with Crippen LogP contribution in [-0.2, 0) is 12.6 Å². The maximum absolute atomic E-state index is 14.2. The molecular formula is C22H21F4N7O. The van der Waals surface area contributed by atoms with Crippen LogP contribution in [0.2, 0.25) is 0 Å². The molecule has 0 fully saturated rings. The summed E-state index contributed by atoms with van der Waals surface area (Å²) in [6, 6.07) is 6.13. The van der Waals surface area contributed by atoms with E-state index in [9.17, 15) is 17.6 Å². The van der Waals surface area contributed by atoms with Crippen LogP contribution in [-0.4, -0.2) is 21.3 Å². The molecule has 0 radical (unpaired) electrons. The van der Waals surface area contributed by atoms with Crippen LogP contribution in [0.15, 0.2) is 47.3 Å². The Hall–Kier alpha value is -3.96. The number of pyridine rings is 1. The Morgan fingerprint density at radius 2 is 2.06 bits per heavy atom. The zero-order valence-electron chi connectivity index (χ0n) is 18.2. The Labute approximate surface area is 191 Å². The molecule has 2 bridgehead atoms. The molecule has 1 aliphatic heterocycles. The van der Waals surface area contributed by atoms with Gasteiger partial charge in [0, 0.05) is 30.3 Å². The number of allylic oxidation sites excluding steroid dienone is 1. The quantitative estimate of drug-likeness (QED) is 0.364. The summed E-state index contributed by atoms with van der Waals surface area (Å²) >= 11 is 0. The minimum Gasteiger partial charge on any atom is -0.482 e. The molecule has 0 saturated carbocycles. The molecule has 1 atom stereocenters. The molecule has 1 aliphatic rings. The van der Waals surface area contributed by atoms with E-state index in [4.69, 9.17) is 16.0 Å². The summed E-state index contributed by atoms with van der Waals surface area (Å²) in [5.41, 5.74) is 14.2. The third kappa shape index (κ3) is 4.30. The molecule has 2 aromatic heterocycles. The molecule has 0 amide bonds. The standard InChI is InChI=1S/C22H21F4N7O/c1-3-29-20-12-6-18(21(27)30-10-12)34-11(2)15-7-13(23)4-5-17(15)33-14(8-16(20)31-28)9-19(32-33)22(24,25)26/h4-7,9-11,28-29H,3,8H2,1-2H3,(H2,27,30)/b20-16-,31-28?. The van der Waals surface area contributed by atoms with E-state index in [1.54, 1.807) is 13.0 Å². The van der Waals surface area contributed by atoms with Gasteiger partial charge in [0.1, 0.15) is 11.9 Å². The maximum Gasteiger partial charge on any atom is 0.435 e. The van der Waals surface area contributed by atoms with Crippen LogP contribution in [0.5, 0.6) is 5.75 Å². The number of aromatic nitrogens is 3. The SMILES string of the molecule is CCN/C1=C(\N=N)Cc2cc(C(F)(F)F)nn2-c2ccc(F)cc2C(C)Oc2cc1cnc2N. The number of hydrogen-bond donors (Lipinski definition) is 3.